The zero-order valence-corrected chi connectivity index (χ0v) is 20.9. The fourth-order valence-electron chi connectivity index (χ4n) is 2.88. The first kappa shape index (κ1) is 31.9. The lowest BCUT2D eigenvalue weighted by atomic mass is 9.97. The van der Waals surface area contributed by atoms with Crippen LogP contribution in [-0.2, 0) is 24.0 Å². The molecule has 0 aromatic heterocycles. The number of carboxylic acids is 1. The highest BCUT2D eigenvalue weighted by atomic mass is 32.1. The van der Waals surface area contributed by atoms with Gasteiger partial charge in [0.2, 0.25) is 23.6 Å². The molecule has 0 saturated heterocycles. The highest BCUT2D eigenvalue weighted by Gasteiger charge is 2.32. The number of rotatable bonds is 17. The molecular formula is C20H38N8O6S. The quantitative estimate of drug-likeness (QED) is 0.0414. The standard InChI is InChI=1S/C20H38N8O6S/c1-3-10(2)15(18(32)26-12(19(33)34)6-7-14(22)29)28-17(31)13(9-35)27-16(30)11(21)5-4-8-25-20(23)24/h10-13,15,35H,3-9,21H2,1-2H3,(H2,22,29)(H,26,32)(H,27,30)(H,28,31)(H,33,34)(H4,23,24,25). The number of amides is 4. The predicted molar refractivity (Wildman–Crippen MR) is 133 cm³/mol. The Labute approximate surface area is 209 Å². The summed E-state index contributed by atoms with van der Waals surface area (Å²) in [5.74, 6) is -4.61. The van der Waals surface area contributed by atoms with E-state index in [9.17, 15) is 29.1 Å². The molecule has 0 aromatic rings. The summed E-state index contributed by atoms with van der Waals surface area (Å²) in [4.78, 5) is 64.3. The van der Waals surface area contributed by atoms with Crippen molar-refractivity contribution in [1.29, 1.82) is 0 Å². The van der Waals surface area contributed by atoms with Crippen LogP contribution in [0.15, 0.2) is 4.99 Å². The number of aliphatic imine (C=N–C) groups is 1. The lowest BCUT2D eigenvalue weighted by Gasteiger charge is -2.27. The third kappa shape index (κ3) is 12.8. The number of carbonyl (C=O) groups excluding carboxylic acids is 4. The van der Waals surface area contributed by atoms with Crippen molar-refractivity contribution in [2.45, 2.75) is 70.1 Å². The van der Waals surface area contributed by atoms with E-state index in [4.69, 9.17) is 22.9 Å². The van der Waals surface area contributed by atoms with Gasteiger partial charge in [-0.15, -0.1) is 0 Å². The van der Waals surface area contributed by atoms with Gasteiger partial charge in [-0.1, -0.05) is 20.3 Å². The Morgan fingerprint density at radius 3 is 2.03 bits per heavy atom. The Morgan fingerprint density at radius 1 is 0.943 bits per heavy atom. The molecule has 0 rings (SSSR count). The molecule has 5 unspecified atom stereocenters. The van der Waals surface area contributed by atoms with Gasteiger partial charge in [0, 0.05) is 18.7 Å². The first-order valence-corrected chi connectivity index (χ1v) is 11.8. The molecule has 12 N–H and O–H groups in total. The van der Waals surface area contributed by atoms with E-state index in [1.54, 1.807) is 13.8 Å². The van der Waals surface area contributed by atoms with Gasteiger partial charge in [-0.05, 0) is 25.2 Å². The Balaban J connectivity index is 5.21. The normalized spacial score (nSPS) is 15.0. The van der Waals surface area contributed by atoms with Gasteiger partial charge < -0.3 is 44.0 Å². The molecule has 15 heteroatoms. The smallest absolute Gasteiger partial charge is 0.326 e. The number of nitrogens with two attached hydrogens (primary N) is 4. The molecular weight excluding hydrogens is 480 g/mol. The average Bonchev–Trinajstić information content (AvgIpc) is 2.79. The van der Waals surface area contributed by atoms with Crippen LogP contribution in [0.2, 0.25) is 0 Å². The van der Waals surface area contributed by atoms with Crippen molar-refractivity contribution in [3.63, 3.8) is 0 Å². The van der Waals surface area contributed by atoms with E-state index >= 15 is 0 Å². The van der Waals surface area contributed by atoms with Crippen molar-refractivity contribution < 1.29 is 29.1 Å². The second-order valence-corrected chi connectivity index (χ2v) is 8.44. The molecule has 5 atom stereocenters. The lowest BCUT2D eigenvalue weighted by molar-refractivity contribution is -0.143. The molecule has 0 saturated carbocycles. The number of nitrogens with one attached hydrogen (secondary N) is 3. The molecule has 0 radical (unpaired) electrons. The molecule has 0 aliphatic carbocycles. The Hall–Kier alpha value is -3.07. The second-order valence-electron chi connectivity index (χ2n) is 8.08. The zero-order chi connectivity index (χ0) is 27.1. The highest BCUT2D eigenvalue weighted by molar-refractivity contribution is 7.80. The zero-order valence-electron chi connectivity index (χ0n) is 20.0. The van der Waals surface area contributed by atoms with Gasteiger partial charge in [0.25, 0.3) is 0 Å². The van der Waals surface area contributed by atoms with Gasteiger partial charge in [-0.3, -0.25) is 24.2 Å². The van der Waals surface area contributed by atoms with Crippen molar-refractivity contribution in [3.05, 3.63) is 0 Å². The number of carbonyl (C=O) groups is 5. The van der Waals surface area contributed by atoms with Crippen molar-refractivity contribution >= 4 is 48.2 Å². The van der Waals surface area contributed by atoms with Crippen molar-refractivity contribution in [2.24, 2.45) is 33.8 Å². The van der Waals surface area contributed by atoms with Crippen molar-refractivity contribution in [2.75, 3.05) is 12.3 Å². The van der Waals surface area contributed by atoms with Crippen LogP contribution in [0.4, 0.5) is 0 Å². The third-order valence-corrected chi connectivity index (χ3v) is 5.57. The van der Waals surface area contributed by atoms with E-state index in [1.807, 2.05) is 0 Å². The summed E-state index contributed by atoms with van der Waals surface area (Å²) in [6.07, 6.45) is 0.756. The number of hydrogen-bond donors (Lipinski definition) is 9. The lowest BCUT2D eigenvalue weighted by Crippen LogP contribution is -2.59. The van der Waals surface area contributed by atoms with Crippen LogP contribution >= 0.6 is 12.6 Å². The minimum absolute atomic E-state index is 0.0720. The first-order chi connectivity index (χ1) is 16.3. The summed E-state index contributed by atoms with van der Waals surface area (Å²) in [6, 6.07) is -4.49. The second kappa shape index (κ2) is 16.5. The first-order valence-electron chi connectivity index (χ1n) is 11.2. The number of primary amides is 1. The summed E-state index contributed by atoms with van der Waals surface area (Å²) in [7, 11) is 0. The van der Waals surface area contributed by atoms with E-state index in [0.29, 0.717) is 19.4 Å². The van der Waals surface area contributed by atoms with Gasteiger partial charge >= 0.3 is 5.97 Å². The number of carboxylic acid groups (broad SMARTS) is 1. The maximum Gasteiger partial charge on any atom is 0.326 e. The summed E-state index contributed by atoms with van der Waals surface area (Å²) in [6.45, 7) is 3.78. The van der Waals surface area contributed by atoms with E-state index in [2.05, 4.69) is 33.6 Å². The summed E-state index contributed by atoms with van der Waals surface area (Å²) in [5, 5.41) is 16.7. The van der Waals surface area contributed by atoms with Gasteiger partial charge in [0.15, 0.2) is 5.96 Å². The maximum atomic E-state index is 12.8. The summed E-state index contributed by atoms with van der Waals surface area (Å²) < 4.78 is 0. The number of nitrogens with zero attached hydrogens (tertiary/aromatic N) is 1. The number of guanidine groups is 1. The number of hydrogen-bond acceptors (Lipinski definition) is 8. The Morgan fingerprint density at radius 2 is 1.54 bits per heavy atom. The van der Waals surface area contributed by atoms with Gasteiger partial charge in [-0.25, -0.2) is 4.79 Å². The van der Waals surface area contributed by atoms with Crippen molar-refractivity contribution in [3.8, 4) is 0 Å². The molecule has 35 heavy (non-hydrogen) atoms. The van der Waals surface area contributed by atoms with E-state index in [1.165, 1.54) is 0 Å². The Bertz CT molecular complexity index is 777. The monoisotopic (exact) mass is 518 g/mol. The Kier molecular flexibility index (Phi) is 15.1. The van der Waals surface area contributed by atoms with Gasteiger partial charge in [0.05, 0.1) is 6.04 Å². The molecule has 0 aromatic carbocycles. The summed E-state index contributed by atoms with van der Waals surface area (Å²) in [5.41, 5.74) is 21.4. The van der Waals surface area contributed by atoms with Crippen LogP contribution in [0.5, 0.6) is 0 Å². The van der Waals surface area contributed by atoms with E-state index in [-0.39, 0.29) is 36.9 Å². The van der Waals surface area contributed by atoms with Crippen LogP contribution in [0.25, 0.3) is 0 Å². The summed E-state index contributed by atoms with van der Waals surface area (Å²) >= 11 is 4.10. The van der Waals surface area contributed by atoms with Gasteiger partial charge in [0.1, 0.15) is 18.1 Å². The molecule has 0 bridgehead atoms. The minimum Gasteiger partial charge on any atom is -0.480 e. The van der Waals surface area contributed by atoms with E-state index in [0.717, 1.165) is 0 Å². The molecule has 0 spiro atoms. The fourth-order valence-corrected chi connectivity index (χ4v) is 3.14. The minimum atomic E-state index is -1.37. The average molecular weight is 519 g/mol. The number of thiol groups is 1. The van der Waals surface area contributed by atoms with Crippen LogP contribution in [0.3, 0.4) is 0 Å². The molecule has 4 amide bonds. The van der Waals surface area contributed by atoms with Gasteiger partial charge in [-0.2, -0.15) is 12.6 Å². The topological polar surface area (TPSA) is 258 Å². The van der Waals surface area contributed by atoms with Crippen LogP contribution in [0, 0.1) is 5.92 Å². The van der Waals surface area contributed by atoms with Crippen molar-refractivity contribution in [1.82, 2.24) is 16.0 Å². The predicted octanol–water partition coefficient (Wildman–Crippen LogP) is -2.85. The van der Waals surface area contributed by atoms with Crippen LogP contribution in [0.1, 0.15) is 46.0 Å². The van der Waals surface area contributed by atoms with E-state index < -0.39 is 53.8 Å². The molecule has 0 aliphatic rings. The molecule has 0 aliphatic heterocycles. The molecule has 0 fully saturated rings. The molecule has 0 heterocycles. The van der Waals surface area contributed by atoms with Crippen LogP contribution in [-0.4, -0.2) is 77.1 Å². The largest absolute Gasteiger partial charge is 0.480 e. The SMILES string of the molecule is CCC(C)C(NC(=O)C(CS)NC(=O)C(N)CCCN=C(N)N)C(=O)NC(CCC(N)=O)C(=O)O. The molecule has 14 nitrogen and oxygen atoms in total. The number of aliphatic carboxylic acids is 1. The van der Waals surface area contributed by atoms with Crippen LogP contribution < -0.4 is 38.9 Å². The third-order valence-electron chi connectivity index (χ3n) is 5.21. The maximum absolute atomic E-state index is 12.8. The molecule has 200 valence electrons. The fraction of sp³-hybridized carbons (Fsp3) is 0.700. The highest BCUT2D eigenvalue weighted by Crippen LogP contribution is 2.10.